The number of likely N-dealkylation sites (N-methyl/N-ethyl adjacent to an activating group) is 1. The molecule has 0 radical (unpaired) electrons. The standard InChI is InChI=1S/C20H35N3O2S/c1-4-6-7-8-9-10-11-12-13-14-19(25)23(5-2)15-18(24)22-20-21-17(3)16-26-20/h16H,4-15H2,1-3H3,(H,21,22,24). The molecule has 1 N–H and O–H groups in total. The monoisotopic (exact) mass is 381 g/mol. The van der Waals surface area contributed by atoms with E-state index in [-0.39, 0.29) is 18.4 Å². The van der Waals surface area contributed by atoms with Crippen molar-refractivity contribution in [3.8, 4) is 0 Å². The normalized spacial score (nSPS) is 10.7. The molecule has 0 aliphatic carbocycles. The van der Waals surface area contributed by atoms with E-state index in [2.05, 4.69) is 17.2 Å². The fourth-order valence-electron chi connectivity index (χ4n) is 2.86. The van der Waals surface area contributed by atoms with Crippen LogP contribution in [-0.2, 0) is 9.59 Å². The van der Waals surface area contributed by atoms with E-state index in [0.29, 0.717) is 18.1 Å². The van der Waals surface area contributed by atoms with Crippen LogP contribution in [0.15, 0.2) is 5.38 Å². The van der Waals surface area contributed by atoms with Crippen molar-refractivity contribution < 1.29 is 9.59 Å². The number of hydrogen-bond acceptors (Lipinski definition) is 4. The molecule has 0 saturated heterocycles. The van der Waals surface area contributed by atoms with Crippen LogP contribution in [0.4, 0.5) is 5.13 Å². The van der Waals surface area contributed by atoms with Gasteiger partial charge in [-0.25, -0.2) is 4.98 Å². The van der Waals surface area contributed by atoms with Crippen LogP contribution in [0, 0.1) is 6.92 Å². The maximum atomic E-state index is 12.3. The van der Waals surface area contributed by atoms with Gasteiger partial charge < -0.3 is 10.2 Å². The Morgan fingerprint density at radius 1 is 1.04 bits per heavy atom. The Labute approximate surface area is 162 Å². The van der Waals surface area contributed by atoms with E-state index in [0.717, 1.165) is 18.5 Å². The molecule has 1 heterocycles. The Bertz CT molecular complexity index is 531. The van der Waals surface area contributed by atoms with Crippen molar-refractivity contribution in [3.63, 3.8) is 0 Å². The first kappa shape index (κ1) is 22.6. The van der Waals surface area contributed by atoms with Crippen molar-refractivity contribution in [3.05, 3.63) is 11.1 Å². The van der Waals surface area contributed by atoms with Gasteiger partial charge >= 0.3 is 0 Å². The predicted molar refractivity (Wildman–Crippen MR) is 110 cm³/mol. The molecule has 0 saturated carbocycles. The fourth-order valence-corrected chi connectivity index (χ4v) is 3.57. The van der Waals surface area contributed by atoms with Crippen LogP contribution in [0.5, 0.6) is 0 Å². The number of thiazole rings is 1. The van der Waals surface area contributed by atoms with Crippen LogP contribution < -0.4 is 5.32 Å². The second kappa shape index (κ2) is 13.7. The average Bonchev–Trinajstić information content (AvgIpc) is 3.02. The zero-order chi connectivity index (χ0) is 19.2. The summed E-state index contributed by atoms with van der Waals surface area (Å²) < 4.78 is 0. The lowest BCUT2D eigenvalue weighted by molar-refractivity contribution is -0.134. The van der Waals surface area contributed by atoms with Crippen molar-refractivity contribution in [2.45, 2.75) is 85.0 Å². The molecule has 0 aliphatic heterocycles. The van der Waals surface area contributed by atoms with E-state index in [1.54, 1.807) is 4.90 Å². The highest BCUT2D eigenvalue weighted by Gasteiger charge is 2.16. The summed E-state index contributed by atoms with van der Waals surface area (Å²) >= 11 is 1.40. The summed E-state index contributed by atoms with van der Waals surface area (Å²) in [6, 6.07) is 0. The van der Waals surface area contributed by atoms with Crippen molar-refractivity contribution in [2.75, 3.05) is 18.4 Å². The SMILES string of the molecule is CCCCCCCCCCCC(=O)N(CC)CC(=O)Nc1nc(C)cs1. The summed E-state index contributed by atoms with van der Waals surface area (Å²) in [6.07, 6.45) is 11.7. The molecule has 1 aromatic heterocycles. The number of nitrogens with one attached hydrogen (secondary N) is 1. The number of carbonyl (C=O) groups excluding carboxylic acids is 2. The summed E-state index contributed by atoms with van der Waals surface area (Å²) in [5.41, 5.74) is 0.888. The van der Waals surface area contributed by atoms with Crippen molar-refractivity contribution >= 4 is 28.3 Å². The highest BCUT2D eigenvalue weighted by Crippen LogP contribution is 2.14. The second-order valence-corrected chi connectivity index (χ2v) is 7.69. The number of aryl methyl sites for hydroxylation is 1. The highest BCUT2D eigenvalue weighted by atomic mass is 32.1. The Hall–Kier alpha value is -1.43. The average molecular weight is 382 g/mol. The van der Waals surface area contributed by atoms with E-state index in [1.165, 1.54) is 56.3 Å². The maximum Gasteiger partial charge on any atom is 0.245 e. The number of anilines is 1. The second-order valence-electron chi connectivity index (χ2n) is 6.83. The van der Waals surface area contributed by atoms with Crippen molar-refractivity contribution in [1.82, 2.24) is 9.88 Å². The molecule has 6 heteroatoms. The molecule has 148 valence electrons. The lowest BCUT2D eigenvalue weighted by Gasteiger charge is -2.20. The van der Waals surface area contributed by atoms with Gasteiger partial charge in [-0.2, -0.15) is 0 Å². The number of nitrogens with zero attached hydrogens (tertiary/aromatic N) is 2. The van der Waals surface area contributed by atoms with E-state index < -0.39 is 0 Å². The Balaban J connectivity index is 2.15. The zero-order valence-electron chi connectivity index (χ0n) is 16.7. The number of carbonyl (C=O) groups is 2. The molecule has 1 rings (SSSR count). The van der Waals surface area contributed by atoms with Crippen molar-refractivity contribution in [2.24, 2.45) is 0 Å². The third-order valence-electron chi connectivity index (χ3n) is 4.43. The van der Waals surface area contributed by atoms with Gasteiger partial charge in [0.25, 0.3) is 0 Å². The minimum atomic E-state index is -0.179. The molecule has 0 fully saturated rings. The number of unbranched alkanes of at least 4 members (excludes halogenated alkanes) is 8. The predicted octanol–water partition coefficient (Wildman–Crippen LogP) is 5.16. The van der Waals surface area contributed by atoms with Gasteiger partial charge in [0.1, 0.15) is 0 Å². The Kier molecular flexibility index (Phi) is 11.9. The fraction of sp³-hybridized carbons (Fsp3) is 0.750. The maximum absolute atomic E-state index is 12.3. The molecule has 1 aromatic rings. The first-order valence-corrected chi connectivity index (χ1v) is 10.9. The van der Waals surface area contributed by atoms with Crippen LogP contribution in [0.2, 0.25) is 0 Å². The Morgan fingerprint density at radius 2 is 1.65 bits per heavy atom. The summed E-state index contributed by atoms with van der Waals surface area (Å²) in [5.74, 6) is -0.109. The quantitative estimate of drug-likeness (QED) is 0.453. The molecule has 0 unspecified atom stereocenters. The molecule has 0 spiro atoms. The van der Waals surface area contributed by atoms with Gasteiger partial charge in [-0.15, -0.1) is 11.3 Å². The summed E-state index contributed by atoms with van der Waals surface area (Å²) in [6.45, 7) is 6.69. The molecular formula is C20H35N3O2S. The molecule has 0 aromatic carbocycles. The van der Waals surface area contributed by atoms with Crippen LogP contribution >= 0.6 is 11.3 Å². The minimum absolute atomic E-state index is 0.0703. The lowest BCUT2D eigenvalue weighted by Crippen LogP contribution is -2.37. The molecule has 0 aliphatic rings. The number of hydrogen-bond donors (Lipinski definition) is 1. The minimum Gasteiger partial charge on any atom is -0.334 e. The number of rotatable bonds is 14. The van der Waals surface area contributed by atoms with Crippen molar-refractivity contribution in [1.29, 1.82) is 0 Å². The molecule has 26 heavy (non-hydrogen) atoms. The third-order valence-corrected chi connectivity index (χ3v) is 5.30. The summed E-state index contributed by atoms with van der Waals surface area (Å²) in [5, 5.41) is 5.25. The van der Waals surface area contributed by atoms with E-state index in [4.69, 9.17) is 0 Å². The van der Waals surface area contributed by atoms with Gasteiger partial charge in [0.15, 0.2) is 5.13 Å². The molecular weight excluding hydrogens is 346 g/mol. The number of aromatic nitrogens is 1. The van der Waals surface area contributed by atoms with Crippen LogP contribution in [0.3, 0.4) is 0 Å². The van der Waals surface area contributed by atoms with Gasteiger partial charge in [0.2, 0.25) is 11.8 Å². The highest BCUT2D eigenvalue weighted by molar-refractivity contribution is 7.13. The van der Waals surface area contributed by atoms with E-state index >= 15 is 0 Å². The number of amides is 2. The first-order chi connectivity index (χ1) is 12.6. The van der Waals surface area contributed by atoms with E-state index in [1.807, 2.05) is 19.2 Å². The molecule has 0 atom stereocenters. The van der Waals surface area contributed by atoms with E-state index in [9.17, 15) is 9.59 Å². The van der Waals surface area contributed by atoms with Gasteiger partial charge in [-0.1, -0.05) is 58.3 Å². The Morgan fingerprint density at radius 3 is 2.19 bits per heavy atom. The largest absolute Gasteiger partial charge is 0.334 e. The van der Waals surface area contributed by atoms with Crippen LogP contribution in [0.25, 0.3) is 0 Å². The van der Waals surface area contributed by atoms with Crippen LogP contribution in [-0.4, -0.2) is 34.8 Å². The first-order valence-electron chi connectivity index (χ1n) is 10.1. The third kappa shape index (κ3) is 9.90. The van der Waals surface area contributed by atoms with Gasteiger partial charge in [0, 0.05) is 18.3 Å². The lowest BCUT2D eigenvalue weighted by atomic mass is 10.1. The zero-order valence-corrected chi connectivity index (χ0v) is 17.5. The van der Waals surface area contributed by atoms with Crippen LogP contribution in [0.1, 0.15) is 83.7 Å². The van der Waals surface area contributed by atoms with Gasteiger partial charge in [-0.05, 0) is 20.3 Å². The molecule has 5 nitrogen and oxygen atoms in total. The topological polar surface area (TPSA) is 62.3 Å². The molecule has 2 amide bonds. The molecule has 0 bridgehead atoms. The smallest absolute Gasteiger partial charge is 0.245 e. The summed E-state index contributed by atoms with van der Waals surface area (Å²) in [4.78, 5) is 30.2. The van der Waals surface area contributed by atoms with Gasteiger partial charge in [-0.3, -0.25) is 9.59 Å². The van der Waals surface area contributed by atoms with Gasteiger partial charge in [0.05, 0.1) is 12.2 Å². The summed E-state index contributed by atoms with van der Waals surface area (Å²) in [7, 11) is 0.